The lowest BCUT2D eigenvalue weighted by Crippen LogP contribution is -1.79. The topological polar surface area (TPSA) is 30.2 Å². The molecular formula is C9H12O2. The molecule has 0 atom stereocenters. The summed E-state index contributed by atoms with van der Waals surface area (Å²) in [6.07, 6.45) is 3.93. The van der Waals surface area contributed by atoms with Crippen molar-refractivity contribution < 1.29 is 9.21 Å². The standard InChI is InChI=1S/C9H12O2/c1-2-3-4-8-5-6-9(7-10)11-8/h5-7H,2-4H2,1H3. The van der Waals surface area contributed by atoms with E-state index < -0.39 is 0 Å². The summed E-state index contributed by atoms with van der Waals surface area (Å²) >= 11 is 0. The van der Waals surface area contributed by atoms with Gasteiger partial charge in [-0.3, -0.25) is 4.79 Å². The number of hydrogen-bond donors (Lipinski definition) is 0. The van der Waals surface area contributed by atoms with E-state index in [2.05, 4.69) is 6.92 Å². The first-order chi connectivity index (χ1) is 5.36. The Balaban J connectivity index is 2.51. The molecule has 1 aromatic heterocycles. The van der Waals surface area contributed by atoms with Crippen LogP contribution in [0.15, 0.2) is 16.5 Å². The molecule has 0 fully saturated rings. The van der Waals surface area contributed by atoms with Gasteiger partial charge in [0.05, 0.1) is 0 Å². The van der Waals surface area contributed by atoms with Crippen molar-refractivity contribution >= 4 is 6.29 Å². The Kier molecular flexibility index (Phi) is 2.90. The maximum absolute atomic E-state index is 10.2. The van der Waals surface area contributed by atoms with Gasteiger partial charge in [-0.25, -0.2) is 0 Å². The summed E-state index contributed by atoms with van der Waals surface area (Å²) in [6.45, 7) is 2.13. The normalized spacial score (nSPS) is 9.91. The van der Waals surface area contributed by atoms with Gasteiger partial charge in [0.1, 0.15) is 5.76 Å². The van der Waals surface area contributed by atoms with Gasteiger partial charge < -0.3 is 4.42 Å². The van der Waals surface area contributed by atoms with Crippen LogP contribution in [-0.4, -0.2) is 6.29 Å². The summed E-state index contributed by atoms with van der Waals surface area (Å²) in [4.78, 5) is 10.2. The number of hydrogen-bond acceptors (Lipinski definition) is 2. The van der Waals surface area contributed by atoms with Gasteiger partial charge in [0.15, 0.2) is 12.0 Å². The lowest BCUT2D eigenvalue weighted by Gasteiger charge is -1.91. The molecule has 60 valence electrons. The number of furan rings is 1. The van der Waals surface area contributed by atoms with Crippen LogP contribution in [0.3, 0.4) is 0 Å². The molecule has 11 heavy (non-hydrogen) atoms. The van der Waals surface area contributed by atoms with Crippen LogP contribution < -0.4 is 0 Å². The van der Waals surface area contributed by atoms with Crippen molar-refractivity contribution in [1.29, 1.82) is 0 Å². The highest BCUT2D eigenvalue weighted by atomic mass is 16.3. The Bertz CT molecular complexity index is 225. The second-order valence-corrected chi connectivity index (χ2v) is 2.53. The fourth-order valence-corrected chi connectivity index (χ4v) is 0.943. The largest absolute Gasteiger partial charge is 0.458 e. The predicted molar refractivity (Wildman–Crippen MR) is 42.7 cm³/mol. The van der Waals surface area contributed by atoms with Crippen molar-refractivity contribution in [2.24, 2.45) is 0 Å². The van der Waals surface area contributed by atoms with Crippen LogP contribution in [0.2, 0.25) is 0 Å². The van der Waals surface area contributed by atoms with E-state index in [1.807, 2.05) is 6.07 Å². The van der Waals surface area contributed by atoms with Crippen molar-refractivity contribution in [3.8, 4) is 0 Å². The maximum atomic E-state index is 10.2. The Labute approximate surface area is 66.2 Å². The van der Waals surface area contributed by atoms with E-state index in [1.54, 1.807) is 6.07 Å². The SMILES string of the molecule is CCCCc1ccc(C=O)o1. The molecule has 0 aliphatic heterocycles. The van der Waals surface area contributed by atoms with Crippen LogP contribution in [-0.2, 0) is 6.42 Å². The van der Waals surface area contributed by atoms with Gasteiger partial charge in [-0.1, -0.05) is 13.3 Å². The summed E-state index contributed by atoms with van der Waals surface area (Å²) in [6, 6.07) is 3.57. The van der Waals surface area contributed by atoms with Gasteiger partial charge in [0.25, 0.3) is 0 Å². The monoisotopic (exact) mass is 152 g/mol. The number of rotatable bonds is 4. The molecule has 2 nitrogen and oxygen atoms in total. The quantitative estimate of drug-likeness (QED) is 0.620. The second-order valence-electron chi connectivity index (χ2n) is 2.53. The molecule has 0 amide bonds. The molecular weight excluding hydrogens is 140 g/mol. The third kappa shape index (κ3) is 2.22. The van der Waals surface area contributed by atoms with Crippen molar-refractivity contribution in [3.05, 3.63) is 23.7 Å². The first-order valence-corrected chi connectivity index (χ1v) is 3.90. The first-order valence-electron chi connectivity index (χ1n) is 3.90. The molecule has 0 radical (unpaired) electrons. The molecule has 0 N–H and O–H groups in total. The summed E-state index contributed by atoms with van der Waals surface area (Å²) in [5.41, 5.74) is 0. The molecule has 0 bridgehead atoms. The van der Waals surface area contributed by atoms with Crippen molar-refractivity contribution in [2.45, 2.75) is 26.2 Å². The molecule has 2 heteroatoms. The Morgan fingerprint density at radius 2 is 2.36 bits per heavy atom. The van der Waals surface area contributed by atoms with Crippen LogP contribution in [0.25, 0.3) is 0 Å². The summed E-state index contributed by atoms with van der Waals surface area (Å²) in [7, 11) is 0. The van der Waals surface area contributed by atoms with E-state index in [0.29, 0.717) is 5.76 Å². The number of carbonyl (C=O) groups excluding carboxylic acids is 1. The molecule has 0 saturated heterocycles. The molecule has 1 aromatic rings. The fraction of sp³-hybridized carbons (Fsp3) is 0.444. The van der Waals surface area contributed by atoms with E-state index in [4.69, 9.17) is 4.42 Å². The second kappa shape index (κ2) is 3.96. The number of carbonyl (C=O) groups is 1. The van der Waals surface area contributed by atoms with Crippen LogP contribution in [0.4, 0.5) is 0 Å². The van der Waals surface area contributed by atoms with E-state index >= 15 is 0 Å². The zero-order valence-electron chi connectivity index (χ0n) is 6.67. The van der Waals surface area contributed by atoms with Crippen molar-refractivity contribution in [1.82, 2.24) is 0 Å². The predicted octanol–water partition coefficient (Wildman–Crippen LogP) is 2.43. The molecule has 0 unspecified atom stereocenters. The van der Waals surface area contributed by atoms with Crippen molar-refractivity contribution in [2.75, 3.05) is 0 Å². The Hall–Kier alpha value is -1.05. The molecule has 0 saturated carbocycles. The summed E-state index contributed by atoms with van der Waals surface area (Å²) < 4.78 is 5.17. The average molecular weight is 152 g/mol. The van der Waals surface area contributed by atoms with Gasteiger partial charge in [-0.2, -0.15) is 0 Å². The molecule has 1 heterocycles. The highest BCUT2D eigenvalue weighted by Crippen LogP contribution is 2.08. The van der Waals surface area contributed by atoms with Gasteiger partial charge in [0.2, 0.25) is 0 Å². The molecule has 0 spiro atoms. The molecule has 0 aromatic carbocycles. The first kappa shape index (κ1) is 8.05. The van der Waals surface area contributed by atoms with Crippen LogP contribution in [0.5, 0.6) is 0 Å². The molecule has 0 aliphatic rings. The minimum atomic E-state index is 0.427. The van der Waals surface area contributed by atoms with Gasteiger partial charge in [0, 0.05) is 6.42 Å². The zero-order chi connectivity index (χ0) is 8.10. The van der Waals surface area contributed by atoms with E-state index in [9.17, 15) is 4.79 Å². The van der Waals surface area contributed by atoms with Gasteiger partial charge >= 0.3 is 0 Å². The lowest BCUT2D eigenvalue weighted by atomic mass is 10.2. The average Bonchev–Trinajstić information content (AvgIpc) is 2.48. The highest BCUT2D eigenvalue weighted by Gasteiger charge is 1.98. The smallest absolute Gasteiger partial charge is 0.185 e. The highest BCUT2D eigenvalue weighted by molar-refractivity contribution is 5.70. The zero-order valence-corrected chi connectivity index (χ0v) is 6.67. The minimum Gasteiger partial charge on any atom is -0.458 e. The van der Waals surface area contributed by atoms with Crippen LogP contribution in [0.1, 0.15) is 36.1 Å². The van der Waals surface area contributed by atoms with E-state index in [0.717, 1.165) is 31.3 Å². The molecule has 0 aliphatic carbocycles. The van der Waals surface area contributed by atoms with Crippen LogP contribution in [0, 0.1) is 0 Å². The maximum Gasteiger partial charge on any atom is 0.185 e. The van der Waals surface area contributed by atoms with E-state index in [-0.39, 0.29) is 0 Å². The third-order valence-corrected chi connectivity index (χ3v) is 1.58. The van der Waals surface area contributed by atoms with Gasteiger partial charge in [-0.05, 0) is 18.6 Å². The van der Waals surface area contributed by atoms with Crippen LogP contribution >= 0.6 is 0 Å². The number of aryl methyl sites for hydroxylation is 1. The van der Waals surface area contributed by atoms with E-state index in [1.165, 1.54) is 0 Å². The fourth-order valence-electron chi connectivity index (χ4n) is 0.943. The third-order valence-electron chi connectivity index (χ3n) is 1.58. The van der Waals surface area contributed by atoms with Crippen molar-refractivity contribution in [3.63, 3.8) is 0 Å². The minimum absolute atomic E-state index is 0.427. The number of unbranched alkanes of at least 4 members (excludes halogenated alkanes) is 1. The summed E-state index contributed by atoms with van der Waals surface area (Å²) in [5, 5.41) is 0. The Morgan fingerprint density at radius 3 is 2.91 bits per heavy atom. The molecule has 1 rings (SSSR count). The number of aldehydes is 1. The summed E-state index contributed by atoms with van der Waals surface area (Å²) in [5.74, 6) is 1.34. The Morgan fingerprint density at radius 1 is 1.55 bits per heavy atom. The lowest BCUT2D eigenvalue weighted by molar-refractivity contribution is 0.109. The van der Waals surface area contributed by atoms with Gasteiger partial charge in [-0.15, -0.1) is 0 Å².